The zero-order chi connectivity index (χ0) is 12.8. The molecule has 0 unspecified atom stereocenters. The number of benzene rings is 1. The fraction of sp³-hybridized carbons (Fsp3) is 0.571. The number of likely N-dealkylation sites (tertiary alicyclic amines) is 1. The Labute approximate surface area is 109 Å². The molecular weight excluding hydrogens is 226 g/mol. The molecule has 0 amide bonds. The van der Waals surface area contributed by atoms with Crippen LogP contribution in [0.15, 0.2) is 18.2 Å². The molecule has 0 spiro atoms. The number of anilines is 2. The molecule has 1 aromatic rings. The van der Waals surface area contributed by atoms with Crippen molar-refractivity contribution in [2.45, 2.75) is 19.3 Å². The van der Waals surface area contributed by atoms with Crippen molar-refractivity contribution < 1.29 is 4.74 Å². The predicted octanol–water partition coefficient (Wildman–Crippen LogP) is 2.18. The summed E-state index contributed by atoms with van der Waals surface area (Å²) in [6.07, 6.45) is 3.86. The summed E-state index contributed by atoms with van der Waals surface area (Å²) in [6, 6.07) is 5.71. The van der Waals surface area contributed by atoms with E-state index in [1.165, 1.54) is 32.5 Å². The average molecular weight is 249 g/mol. The van der Waals surface area contributed by atoms with Gasteiger partial charge in [-0.15, -0.1) is 0 Å². The number of methoxy groups -OCH3 is 1. The van der Waals surface area contributed by atoms with Gasteiger partial charge >= 0.3 is 0 Å². The molecule has 100 valence electrons. The molecule has 0 aliphatic carbocycles. The normalized spacial score (nSPS) is 15.8. The van der Waals surface area contributed by atoms with E-state index in [1.54, 1.807) is 7.11 Å². The third kappa shape index (κ3) is 3.53. The summed E-state index contributed by atoms with van der Waals surface area (Å²) in [5.74, 6) is 0.839. The molecule has 1 saturated heterocycles. The Bertz CT molecular complexity index is 375. The van der Waals surface area contributed by atoms with Crippen molar-refractivity contribution in [3.63, 3.8) is 0 Å². The van der Waals surface area contributed by atoms with Crippen molar-refractivity contribution in [2.75, 3.05) is 44.3 Å². The van der Waals surface area contributed by atoms with Crippen molar-refractivity contribution in [3.8, 4) is 5.75 Å². The van der Waals surface area contributed by atoms with Crippen molar-refractivity contribution in [1.29, 1.82) is 0 Å². The molecule has 1 aliphatic heterocycles. The molecule has 0 bridgehead atoms. The topological polar surface area (TPSA) is 50.5 Å². The molecule has 0 atom stereocenters. The summed E-state index contributed by atoms with van der Waals surface area (Å²) in [5.41, 5.74) is 7.66. The highest BCUT2D eigenvalue weighted by atomic mass is 16.5. The van der Waals surface area contributed by atoms with Crippen LogP contribution in [0.5, 0.6) is 5.75 Å². The van der Waals surface area contributed by atoms with Gasteiger partial charge in [0.2, 0.25) is 0 Å². The van der Waals surface area contributed by atoms with Crippen molar-refractivity contribution >= 4 is 11.4 Å². The van der Waals surface area contributed by atoms with Gasteiger partial charge in [0.15, 0.2) is 0 Å². The van der Waals surface area contributed by atoms with Crippen LogP contribution in [-0.2, 0) is 0 Å². The first kappa shape index (κ1) is 13.0. The number of hydrogen-bond donors (Lipinski definition) is 2. The Kier molecular flexibility index (Phi) is 4.70. The van der Waals surface area contributed by atoms with Crippen LogP contribution >= 0.6 is 0 Å². The molecule has 18 heavy (non-hydrogen) atoms. The average Bonchev–Trinajstić information content (AvgIpc) is 2.89. The summed E-state index contributed by atoms with van der Waals surface area (Å²) in [5, 5.41) is 3.38. The lowest BCUT2D eigenvalue weighted by atomic mass is 10.2. The van der Waals surface area contributed by atoms with E-state index in [0.717, 1.165) is 30.1 Å². The van der Waals surface area contributed by atoms with Gasteiger partial charge < -0.3 is 20.7 Å². The van der Waals surface area contributed by atoms with E-state index in [4.69, 9.17) is 10.5 Å². The Morgan fingerprint density at radius 3 is 2.83 bits per heavy atom. The summed E-state index contributed by atoms with van der Waals surface area (Å²) >= 11 is 0. The molecular formula is C14H23N3O. The highest BCUT2D eigenvalue weighted by Gasteiger charge is 2.10. The van der Waals surface area contributed by atoms with Crippen LogP contribution in [0.25, 0.3) is 0 Å². The Morgan fingerprint density at radius 1 is 1.33 bits per heavy atom. The molecule has 0 radical (unpaired) electrons. The Hall–Kier alpha value is -1.42. The minimum atomic E-state index is 0.775. The molecule has 3 N–H and O–H groups in total. The molecule has 4 heteroatoms. The van der Waals surface area contributed by atoms with Crippen LogP contribution in [0.4, 0.5) is 11.4 Å². The van der Waals surface area contributed by atoms with Crippen LogP contribution < -0.4 is 15.8 Å². The zero-order valence-corrected chi connectivity index (χ0v) is 11.1. The molecule has 0 aromatic heterocycles. The number of nitrogens with one attached hydrogen (secondary N) is 1. The minimum absolute atomic E-state index is 0.775. The quantitative estimate of drug-likeness (QED) is 0.599. The maximum absolute atomic E-state index is 5.92. The van der Waals surface area contributed by atoms with E-state index in [1.807, 2.05) is 18.2 Å². The van der Waals surface area contributed by atoms with Gasteiger partial charge in [-0.2, -0.15) is 0 Å². The van der Waals surface area contributed by atoms with E-state index in [9.17, 15) is 0 Å². The lowest BCUT2D eigenvalue weighted by Crippen LogP contribution is -2.22. The van der Waals surface area contributed by atoms with E-state index in [2.05, 4.69) is 10.2 Å². The fourth-order valence-electron chi connectivity index (χ4n) is 2.35. The van der Waals surface area contributed by atoms with Crippen molar-refractivity contribution in [2.24, 2.45) is 0 Å². The second-order valence-electron chi connectivity index (χ2n) is 4.78. The molecule has 1 heterocycles. The number of nitrogen functional groups attached to an aromatic ring is 1. The summed E-state index contributed by atoms with van der Waals surface area (Å²) < 4.78 is 5.19. The van der Waals surface area contributed by atoms with Gasteiger partial charge in [0.05, 0.1) is 18.5 Å². The largest absolute Gasteiger partial charge is 0.497 e. The molecule has 1 aliphatic rings. The van der Waals surface area contributed by atoms with E-state index < -0.39 is 0 Å². The first-order valence-electron chi connectivity index (χ1n) is 6.69. The smallest absolute Gasteiger partial charge is 0.121 e. The van der Waals surface area contributed by atoms with Crippen LogP contribution in [0, 0.1) is 0 Å². The van der Waals surface area contributed by atoms with Gasteiger partial charge in [0, 0.05) is 12.6 Å². The van der Waals surface area contributed by atoms with Crippen molar-refractivity contribution in [3.05, 3.63) is 18.2 Å². The number of hydrogen-bond acceptors (Lipinski definition) is 4. The highest BCUT2D eigenvalue weighted by Crippen LogP contribution is 2.24. The van der Waals surface area contributed by atoms with Crippen LogP contribution in [0.1, 0.15) is 19.3 Å². The standard InChI is InChI=1S/C14H23N3O/c1-18-12-5-6-13(15)14(11-12)16-7-4-10-17-8-2-3-9-17/h5-6,11,16H,2-4,7-10,15H2,1H3. The highest BCUT2D eigenvalue weighted by molar-refractivity contribution is 5.68. The lowest BCUT2D eigenvalue weighted by molar-refractivity contribution is 0.337. The van der Waals surface area contributed by atoms with Gasteiger partial charge in [-0.05, 0) is 51.0 Å². The van der Waals surface area contributed by atoms with E-state index in [0.29, 0.717) is 0 Å². The second-order valence-corrected chi connectivity index (χ2v) is 4.78. The third-order valence-electron chi connectivity index (χ3n) is 3.43. The first-order chi connectivity index (χ1) is 8.79. The number of nitrogens with zero attached hydrogens (tertiary/aromatic N) is 1. The minimum Gasteiger partial charge on any atom is -0.497 e. The number of nitrogens with two attached hydrogens (primary N) is 1. The van der Waals surface area contributed by atoms with E-state index in [-0.39, 0.29) is 0 Å². The van der Waals surface area contributed by atoms with Crippen LogP contribution in [0.2, 0.25) is 0 Å². The summed E-state index contributed by atoms with van der Waals surface area (Å²) in [6.45, 7) is 4.66. The molecule has 1 fully saturated rings. The zero-order valence-electron chi connectivity index (χ0n) is 11.1. The third-order valence-corrected chi connectivity index (χ3v) is 3.43. The predicted molar refractivity (Wildman–Crippen MR) is 76.2 cm³/mol. The lowest BCUT2D eigenvalue weighted by Gasteiger charge is -2.15. The Morgan fingerprint density at radius 2 is 2.11 bits per heavy atom. The monoisotopic (exact) mass is 249 g/mol. The summed E-state index contributed by atoms with van der Waals surface area (Å²) in [4.78, 5) is 2.52. The van der Waals surface area contributed by atoms with Gasteiger partial charge in [-0.25, -0.2) is 0 Å². The SMILES string of the molecule is COc1ccc(N)c(NCCCN2CCCC2)c1. The maximum Gasteiger partial charge on any atom is 0.121 e. The molecule has 4 nitrogen and oxygen atoms in total. The van der Waals surface area contributed by atoms with Crippen molar-refractivity contribution in [1.82, 2.24) is 4.90 Å². The molecule has 2 rings (SSSR count). The van der Waals surface area contributed by atoms with Gasteiger partial charge in [0.1, 0.15) is 5.75 Å². The molecule has 0 saturated carbocycles. The second kappa shape index (κ2) is 6.50. The Balaban J connectivity index is 1.75. The fourth-order valence-corrected chi connectivity index (χ4v) is 2.35. The van der Waals surface area contributed by atoms with Crippen LogP contribution in [-0.4, -0.2) is 38.2 Å². The first-order valence-corrected chi connectivity index (χ1v) is 6.69. The summed E-state index contributed by atoms with van der Waals surface area (Å²) in [7, 11) is 1.67. The number of ether oxygens (including phenoxy) is 1. The van der Waals surface area contributed by atoms with Gasteiger partial charge in [-0.1, -0.05) is 0 Å². The number of rotatable bonds is 6. The van der Waals surface area contributed by atoms with Crippen LogP contribution in [0.3, 0.4) is 0 Å². The van der Waals surface area contributed by atoms with Gasteiger partial charge in [0.25, 0.3) is 0 Å². The maximum atomic E-state index is 5.92. The van der Waals surface area contributed by atoms with Gasteiger partial charge in [-0.3, -0.25) is 0 Å². The molecule has 1 aromatic carbocycles. The van der Waals surface area contributed by atoms with E-state index >= 15 is 0 Å².